The van der Waals surface area contributed by atoms with Gasteiger partial charge < -0.3 is 19.5 Å². The number of hydrogen-bond donors (Lipinski definition) is 2. The summed E-state index contributed by atoms with van der Waals surface area (Å²) >= 11 is 6.19. The monoisotopic (exact) mass is 434 g/mol. The Labute approximate surface area is 177 Å². The quantitative estimate of drug-likeness (QED) is 0.433. The molecule has 0 unspecified atom stereocenters. The van der Waals surface area contributed by atoms with Crippen LogP contribution < -0.4 is 5.76 Å². The number of para-hydroxylation sites is 2. The van der Waals surface area contributed by atoms with E-state index in [4.69, 9.17) is 35.8 Å². The number of nitrogens with zero attached hydrogens (tertiary/aromatic N) is 2. The molecule has 2 N–H and O–H groups in total. The molecule has 0 aliphatic rings. The number of aromatic nitrogens is 1. The van der Waals surface area contributed by atoms with E-state index in [1.54, 1.807) is 4.57 Å². The van der Waals surface area contributed by atoms with Gasteiger partial charge in [-0.15, -0.1) is 0 Å². The number of carboxylic acid groups (broad SMARTS) is 2. The molecule has 2 aromatic carbocycles. The number of carboxylic acids is 2. The summed E-state index contributed by atoms with van der Waals surface area (Å²) < 4.78 is 6.96. The third-order valence-electron chi connectivity index (χ3n) is 4.33. The number of benzene rings is 2. The van der Waals surface area contributed by atoms with Crippen LogP contribution in [0.15, 0.2) is 57.7 Å². The van der Waals surface area contributed by atoms with Gasteiger partial charge in [0.15, 0.2) is 5.58 Å². The lowest BCUT2D eigenvalue weighted by atomic mass is 10.2. The number of halogens is 1. The Hall–Kier alpha value is -3.10. The van der Waals surface area contributed by atoms with Gasteiger partial charge >= 0.3 is 17.7 Å². The van der Waals surface area contributed by atoms with Crippen molar-refractivity contribution in [2.75, 3.05) is 13.6 Å². The molecule has 1 aromatic heterocycles. The second kappa shape index (κ2) is 11.2. The largest absolute Gasteiger partial charge is 0.473 e. The van der Waals surface area contributed by atoms with E-state index < -0.39 is 11.9 Å². The fraction of sp³-hybridized carbons (Fsp3) is 0.286. The first kappa shape index (κ1) is 23.2. The minimum atomic E-state index is -1.82. The number of oxazole rings is 1. The molecule has 0 saturated heterocycles. The molecule has 3 rings (SSSR count). The first-order valence-corrected chi connectivity index (χ1v) is 9.64. The third kappa shape index (κ3) is 6.75. The lowest BCUT2D eigenvalue weighted by molar-refractivity contribution is -0.159. The summed E-state index contributed by atoms with van der Waals surface area (Å²) in [5.41, 5.74) is 2.66. The van der Waals surface area contributed by atoms with Crippen LogP contribution in [0.1, 0.15) is 18.4 Å². The highest BCUT2D eigenvalue weighted by Crippen LogP contribution is 2.17. The zero-order valence-electron chi connectivity index (χ0n) is 16.5. The van der Waals surface area contributed by atoms with E-state index in [1.165, 1.54) is 0 Å². The van der Waals surface area contributed by atoms with Crippen molar-refractivity contribution in [1.82, 2.24) is 9.47 Å². The zero-order chi connectivity index (χ0) is 22.1. The van der Waals surface area contributed by atoms with Gasteiger partial charge in [-0.05, 0) is 50.2 Å². The Kier molecular flexibility index (Phi) is 8.64. The van der Waals surface area contributed by atoms with Crippen LogP contribution in [0.2, 0.25) is 5.02 Å². The molecule has 30 heavy (non-hydrogen) atoms. The number of carbonyl (C=O) groups is 2. The van der Waals surface area contributed by atoms with Crippen LogP contribution >= 0.6 is 11.6 Å². The molecule has 0 bridgehead atoms. The summed E-state index contributed by atoms with van der Waals surface area (Å²) in [5.74, 6) is -3.93. The maximum Gasteiger partial charge on any atom is 0.419 e. The number of hydrogen-bond acceptors (Lipinski definition) is 5. The summed E-state index contributed by atoms with van der Waals surface area (Å²) in [6, 6.07) is 15.5. The Bertz CT molecular complexity index is 1050. The second-order valence-electron chi connectivity index (χ2n) is 6.63. The van der Waals surface area contributed by atoms with Gasteiger partial charge in [-0.1, -0.05) is 41.9 Å². The fourth-order valence-corrected chi connectivity index (χ4v) is 3.07. The number of fused-ring (bicyclic) bond motifs is 1. The first-order chi connectivity index (χ1) is 14.3. The van der Waals surface area contributed by atoms with Gasteiger partial charge in [0.1, 0.15) is 0 Å². The van der Waals surface area contributed by atoms with E-state index in [2.05, 4.69) is 18.0 Å². The molecule has 0 saturated carbocycles. The lowest BCUT2D eigenvalue weighted by Gasteiger charge is -2.17. The normalized spacial score (nSPS) is 10.6. The third-order valence-corrected chi connectivity index (χ3v) is 4.70. The SMILES string of the molecule is CN(CCCCn1c(=O)oc2ccccc21)Cc1ccccc1Cl.O=C(O)C(=O)O. The van der Waals surface area contributed by atoms with Crippen molar-refractivity contribution in [3.8, 4) is 0 Å². The average molecular weight is 435 g/mol. The van der Waals surface area contributed by atoms with Crippen LogP contribution in [0.25, 0.3) is 11.1 Å². The highest BCUT2D eigenvalue weighted by Gasteiger charge is 2.08. The van der Waals surface area contributed by atoms with Crippen LogP contribution in [0.4, 0.5) is 0 Å². The van der Waals surface area contributed by atoms with Gasteiger partial charge in [0, 0.05) is 18.1 Å². The number of rotatable bonds is 7. The number of aryl methyl sites for hydroxylation is 1. The zero-order valence-corrected chi connectivity index (χ0v) is 17.2. The lowest BCUT2D eigenvalue weighted by Crippen LogP contribution is -2.20. The molecule has 0 amide bonds. The highest BCUT2D eigenvalue weighted by atomic mass is 35.5. The van der Waals surface area contributed by atoms with Crippen molar-refractivity contribution in [3.05, 3.63) is 69.7 Å². The smallest absolute Gasteiger partial charge is 0.419 e. The van der Waals surface area contributed by atoms with Gasteiger partial charge in [-0.3, -0.25) is 4.57 Å². The van der Waals surface area contributed by atoms with E-state index in [9.17, 15) is 4.79 Å². The molecule has 160 valence electrons. The van der Waals surface area contributed by atoms with Crippen LogP contribution in [0.5, 0.6) is 0 Å². The number of aliphatic carboxylic acids is 2. The first-order valence-electron chi connectivity index (χ1n) is 9.26. The summed E-state index contributed by atoms with van der Waals surface area (Å²) in [5, 5.41) is 15.6. The molecular weight excluding hydrogens is 412 g/mol. The Morgan fingerprint density at radius 3 is 2.33 bits per heavy atom. The Balaban J connectivity index is 0.000000469. The van der Waals surface area contributed by atoms with Crippen LogP contribution in [0, 0.1) is 0 Å². The van der Waals surface area contributed by atoms with Crippen LogP contribution in [0.3, 0.4) is 0 Å². The summed E-state index contributed by atoms with van der Waals surface area (Å²) in [6.45, 7) is 2.46. The molecule has 0 aliphatic heterocycles. The van der Waals surface area contributed by atoms with Gasteiger partial charge in [-0.2, -0.15) is 0 Å². The highest BCUT2D eigenvalue weighted by molar-refractivity contribution is 6.31. The maximum absolute atomic E-state index is 11.9. The van der Waals surface area contributed by atoms with Gasteiger partial charge in [0.25, 0.3) is 0 Å². The minimum Gasteiger partial charge on any atom is -0.473 e. The minimum absolute atomic E-state index is 0.277. The van der Waals surface area contributed by atoms with Crippen molar-refractivity contribution >= 4 is 34.6 Å². The van der Waals surface area contributed by atoms with Gasteiger partial charge in [-0.25, -0.2) is 14.4 Å². The van der Waals surface area contributed by atoms with E-state index >= 15 is 0 Å². The average Bonchev–Trinajstić information content (AvgIpc) is 3.02. The Morgan fingerprint density at radius 2 is 1.67 bits per heavy atom. The molecule has 3 aromatic rings. The van der Waals surface area contributed by atoms with Crippen molar-refractivity contribution in [1.29, 1.82) is 0 Å². The standard InChI is InChI=1S/C19H21ClN2O2.C2H2O4/c1-21(14-15-8-2-3-9-16(15)20)12-6-7-13-22-17-10-4-5-11-18(17)24-19(22)23;3-1(4)2(5)6/h2-5,8-11H,6-7,12-14H2,1H3;(H,3,4)(H,5,6). The number of unbranched alkanes of at least 4 members (excludes halogenated alkanes) is 1. The van der Waals surface area contributed by atoms with E-state index in [0.29, 0.717) is 12.1 Å². The van der Waals surface area contributed by atoms with Gasteiger partial charge in [0.05, 0.1) is 5.52 Å². The van der Waals surface area contributed by atoms with Gasteiger partial charge in [0.2, 0.25) is 0 Å². The van der Waals surface area contributed by atoms with Crippen LogP contribution in [-0.4, -0.2) is 45.2 Å². The van der Waals surface area contributed by atoms with Crippen LogP contribution in [-0.2, 0) is 22.7 Å². The van der Waals surface area contributed by atoms with E-state index in [0.717, 1.165) is 42.0 Å². The molecule has 0 fully saturated rings. The molecule has 0 spiro atoms. The Morgan fingerprint density at radius 1 is 1.03 bits per heavy atom. The van der Waals surface area contributed by atoms with E-state index in [1.807, 2.05) is 42.5 Å². The molecule has 0 radical (unpaired) electrons. The predicted molar refractivity (Wildman–Crippen MR) is 113 cm³/mol. The van der Waals surface area contributed by atoms with Crippen molar-refractivity contribution in [3.63, 3.8) is 0 Å². The molecule has 0 aliphatic carbocycles. The summed E-state index contributed by atoms with van der Waals surface area (Å²) in [4.78, 5) is 32.4. The van der Waals surface area contributed by atoms with E-state index in [-0.39, 0.29) is 5.76 Å². The van der Waals surface area contributed by atoms with Crippen molar-refractivity contribution < 1.29 is 24.2 Å². The molecule has 8 nitrogen and oxygen atoms in total. The predicted octanol–water partition coefficient (Wildman–Crippen LogP) is 3.32. The topological polar surface area (TPSA) is 113 Å². The van der Waals surface area contributed by atoms with Crippen molar-refractivity contribution in [2.24, 2.45) is 0 Å². The molecule has 9 heteroatoms. The second-order valence-corrected chi connectivity index (χ2v) is 7.04. The molecule has 0 atom stereocenters. The molecule has 1 heterocycles. The van der Waals surface area contributed by atoms with Crippen molar-refractivity contribution in [2.45, 2.75) is 25.9 Å². The fourth-order valence-electron chi connectivity index (χ4n) is 2.87. The molecular formula is C21H23ClN2O6. The summed E-state index contributed by atoms with van der Waals surface area (Å²) in [7, 11) is 2.09. The summed E-state index contributed by atoms with van der Waals surface area (Å²) in [6.07, 6.45) is 1.93. The maximum atomic E-state index is 11.9.